The van der Waals surface area contributed by atoms with Crippen molar-refractivity contribution in [2.24, 2.45) is 0 Å². The monoisotopic (exact) mass is 243 g/mol. The number of likely N-dealkylation sites (tertiary alicyclic amines) is 1. The molecule has 0 spiro atoms. The Morgan fingerprint density at radius 1 is 1.22 bits per heavy atom. The van der Waals surface area contributed by atoms with E-state index >= 15 is 0 Å². The highest BCUT2D eigenvalue weighted by Crippen LogP contribution is 2.19. The fourth-order valence-electron chi connectivity index (χ4n) is 2.08. The fourth-order valence-corrected chi connectivity index (χ4v) is 2.08. The Morgan fingerprint density at radius 3 is 2.50 bits per heavy atom. The van der Waals surface area contributed by atoms with Crippen LogP contribution in [0.25, 0.3) is 0 Å². The summed E-state index contributed by atoms with van der Waals surface area (Å²) in [5.74, 6) is 2.52. The molecule has 1 aliphatic rings. The summed E-state index contributed by atoms with van der Waals surface area (Å²) in [6.07, 6.45) is 7.80. The van der Waals surface area contributed by atoms with Crippen molar-refractivity contribution in [2.75, 3.05) is 13.1 Å². The van der Waals surface area contributed by atoms with Crippen molar-refractivity contribution in [1.29, 1.82) is 0 Å². The molecule has 1 saturated heterocycles. The van der Waals surface area contributed by atoms with Crippen molar-refractivity contribution < 1.29 is 9.53 Å². The predicted octanol–water partition coefficient (Wildman–Crippen LogP) is 2.98. The number of carbonyl (C=O) groups is 1. The third-order valence-electron chi connectivity index (χ3n) is 3.09. The standard InChI is InChI=1S/C15H17NO2/c1-2-14(13-9-5-3-6-10-13)18-15(17)16-11-7-4-8-12-16/h1,3,5-6,9-10,14H,4,7-8,11-12H2. The minimum atomic E-state index is -0.597. The minimum absolute atomic E-state index is 0.304. The van der Waals surface area contributed by atoms with E-state index in [1.54, 1.807) is 4.90 Å². The van der Waals surface area contributed by atoms with Gasteiger partial charge in [0.1, 0.15) is 0 Å². The summed E-state index contributed by atoms with van der Waals surface area (Å²) in [7, 11) is 0. The average molecular weight is 243 g/mol. The number of hydrogen-bond donors (Lipinski definition) is 0. The molecular weight excluding hydrogens is 226 g/mol. The van der Waals surface area contributed by atoms with E-state index in [4.69, 9.17) is 11.2 Å². The van der Waals surface area contributed by atoms with Crippen LogP contribution in [0.5, 0.6) is 0 Å². The lowest BCUT2D eigenvalue weighted by atomic mass is 10.1. The van der Waals surface area contributed by atoms with Gasteiger partial charge in [-0.2, -0.15) is 0 Å². The zero-order valence-electron chi connectivity index (χ0n) is 10.3. The van der Waals surface area contributed by atoms with Gasteiger partial charge in [-0.05, 0) is 19.3 Å². The maximum atomic E-state index is 11.9. The lowest BCUT2D eigenvalue weighted by molar-refractivity contribution is 0.0771. The van der Waals surface area contributed by atoms with E-state index in [1.165, 1.54) is 6.42 Å². The number of amides is 1. The molecule has 1 amide bonds. The van der Waals surface area contributed by atoms with Gasteiger partial charge in [0.05, 0.1) is 0 Å². The summed E-state index contributed by atoms with van der Waals surface area (Å²) in [5, 5.41) is 0. The Labute approximate surface area is 108 Å². The van der Waals surface area contributed by atoms with Crippen molar-refractivity contribution in [3.63, 3.8) is 0 Å². The Balaban J connectivity index is 1.98. The molecule has 0 N–H and O–H groups in total. The van der Waals surface area contributed by atoms with Crippen LogP contribution in [0.2, 0.25) is 0 Å². The molecule has 3 nitrogen and oxygen atoms in total. The Morgan fingerprint density at radius 2 is 1.89 bits per heavy atom. The van der Waals surface area contributed by atoms with Crippen molar-refractivity contribution in [3.8, 4) is 12.3 Å². The summed E-state index contributed by atoms with van der Waals surface area (Å²) in [6.45, 7) is 1.54. The molecule has 0 saturated carbocycles. The van der Waals surface area contributed by atoms with E-state index in [0.29, 0.717) is 0 Å². The zero-order chi connectivity index (χ0) is 12.8. The molecule has 18 heavy (non-hydrogen) atoms. The van der Waals surface area contributed by atoms with Crippen LogP contribution in [-0.4, -0.2) is 24.1 Å². The molecular formula is C15H17NO2. The number of carbonyl (C=O) groups excluding carboxylic acids is 1. The molecule has 1 aliphatic heterocycles. The van der Waals surface area contributed by atoms with E-state index in [-0.39, 0.29) is 6.09 Å². The third-order valence-corrected chi connectivity index (χ3v) is 3.09. The highest BCUT2D eigenvalue weighted by molar-refractivity contribution is 5.68. The van der Waals surface area contributed by atoms with Gasteiger partial charge in [-0.3, -0.25) is 0 Å². The zero-order valence-corrected chi connectivity index (χ0v) is 10.3. The van der Waals surface area contributed by atoms with Gasteiger partial charge in [0.2, 0.25) is 0 Å². The number of rotatable bonds is 2. The molecule has 1 unspecified atom stereocenters. The van der Waals surface area contributed by atoms with Crippen molar-refractivity contribution in [1.82, 2.24) is 4.90 Å². The molecule has 1 aromatic rings. The first-order valence-electron chi connectivity index (χ1n) is 6.28. The first-order chi connectivity index (χ1) is 8.81. The molecule has 0 aliphatic carbocycles. The second-order valence-corrected chi connectivity index (χ2v) is 4.39. The van der Waals surface area contributed by atoms with E-state index in [9.17, 15) is 4.79 Å². The van der Waals surface area contributed by atoms with Gasteiger partial charge >= 0.3 is 6.09 Å². The Hall–Kier alpha value is -1.95. The average Bonchev–Trinajstić information content (AvgIpc) is 2.46. The van der Waals surface area contributed by atoms with Gasteiger partial charge in [-0.25, -0.2) is 4.79 Å². The number of ether oxygens (including phenoxy) is 1. The second-order valence-electron chi connectivity index (χ2n) is 4.39. The van der Waals surface area contributed by atoms with Crippen LogP contribution in [-0.2, 0) is 4.74 Å². The predicted molar refractivity (Wildman–Crippen MR) is 69.9 cm³/mol. The van der Waals surface area contributed by atoms with E-state index < -0.39 is 6.10 Å². The van der Waals surface area contributed by atoms with Crippen LogP contribution < -0.4 is 0 Å². The first-order valence-corrected chi connectivity index (χ1v) is 6.28. The number of piperidine rings is 1. The lowest BCUT2D eigenvalue weighted by Crippen LogP contribution is -2.36. The molecule has 2 rings (SSSR count). The van der Waals surface area contributed by atoms with Gasteiger partial charge in [0.25, 0.3) is 0 Å². The largest absolute Gasteiger partial charge is 0.428 e. The number of hydrogen-bond acceptors (Lipinski definition) is 2. The molecule has 3 heteroatoms. The quantitative estimate of drug-likeness (QED) is 0.747. The van der Waals surface area contributed by atoms with Gasteiger partial charge in [-0.15, -0.1) is 6.42 Å². The van der Waals surface area contributed by atoms with E-state index in [2.05, 4.69) is 5.92 Å². The highest BCUT2D eigenvalue weighted by atomic mass is 16.6. The second kappa shape index (κ2) is 6.11. The summed E-state index contributed by atoms with van der Waals surface area (Å²) < 4.78 is 5.38. The van der Waals surface area contributed by atoms with Gasteiger partial charge < -0.3 is 9.64 Å². The van der Waals surface area contributed by atoms with Crippen molar-refractivity contribution in [2.45, 2.75) is 25.4 Å². The van der Waals surface area contributed by atoms with Crippen molar-refractivity contribution >= 4 is 6.09 Å². The van der Waals surface area contributed by atoms with Gasteiger partial charge in [-0.1, -0.05) is 36.3 Å². The first kappa shape index (κ1) is 12.5. The number of nitrogens with zero attached hydrogens (tertiary/aromatic N) is 1. The number of benzene rings is 1. The van der Waals surface area contributed by atoms with E-state index in [0.717, 1.165) is 31.5 Å². The van der Waals surface area contributed by atoms with E-state index in [1.807, 2.05) is 30.3 Å². The smallest absolute Gasteiger partial charge is 0.411 e. The maximum absolute atomic E-state index is 11.9. The van der Waals surface area contributed by atoms with Crippen LogP contribution in [0.3, 0.4) is 0 Å². The third kappa shape index (κ3) is 3.04. The maximum Gasteiger partial charge on any atom is 0.411 e. The lowest BCUT2D eigenvalue weighted by Gasteiger charge is -2.27. The topological polar surface area (TPSA) is 29.5 Å². The molecule has 94 valence electrons. The molecule has 0 aromatic heterocycles. The highest BCUT2D eigenvalue weighted by Gasteiger charge is 2.21. The van der Waals surface area contributed by atoms with Crippen LogP contribution in [0.1, 0.15) is 30.9 Å². The SMILES string of the molecule is C#CC(OC(=O)N1CCCCC1)c1ccccc1. The molecule has 0 bridgehead atoms. The number of terminal acetylenes is 1. The molecule has 0 radical (unpaired) electrons. The van der Waals surface area contributed by atoms with Crippen LogP contribution in [0.4, 0.5) is 4.79 Å². The van der Waals surface area contributed by atoms with Crippen LogP contribution >= 0.6 is 0 Å². The van der Waals surface area contributed by atoms with Gasteiger partial charge in [0, 0.05) is 18.7 Å². The molecule has 1 atom stereocenters. The molecule has 1 heterocycles. The minimum Gasteiger partial charge on any atom is -0.428 e. The fraction of sp³-hybridized carbons (Fsp3) is 0.400. The van der Waals surface area contributed by atoms with Crippen molar-refractivity contribution in [3.05, 3.63) is 35.9 Å². The normalized spacial score (nSPS) is 16.7. The van der Waals surface area contributed by atoms with Crippen LogP contribution in [0, 0.1) is 12.3 Å². The summed E-state index contributed by atoms with van der Waals surface area (Å²) in [4.78, 5) is 13.7. The molecule has 1 aromatic carbocycles. The summed E-state index contributed by atoms with van der Waals surface area (Å²) in [5.41, 5.74) is 0.838. The molecule has 1 fully saturated rings. The summed E-state index contributed by atoms with van der Waals surface area (Å²) in [6, 6.07) is 9.41. The summed E-state index contributed by atoms with van der Waals surface area (Å²) >= 11 is 0. The Kier molecular flexibility index (Phi) is 4.25. The Bertz CT molecular complexity index is 430. The van der Waals surface area contributed by atoms with Gasteiger partial charge in [0.15, 0.2) is 6.10 Å². The van der Waals surface area contributed by atoms with Crippen LogP contribution in [0.15, 0.2) is 30.3 Å².